The molecule has 0 aliphatic carbocycles. The summed E-state index contributed by atoms with van der Waals surface area (Å²) in [6.45, 7) is 4.19. The van der Waals surface area contributed by atoms with Crippen molar-refractivity contribution in [2.24, 2.45) is 0 Å². The SMILES string of the molecule is CCN(CC(=O)O)C(=O)N(C)Cc1scnc1C. The van der Waals surface area contributed by atoms with E-state index in [0.29, 0.717) is 13.1 Å². The summed E-state index contributed by atoms with van der Waals surface area (Å²) in [6.07, 6.45) is 0. The van der Waals surface area contributed by atoms with Gasteiger partial charge in [-0.25, -0.2) is 9.78 Å². The summed E-state index contributed by atoms with van der Waals surface area (Å²) in [6, 6.07) is -0.285. The minimum atomic E-state index is -1.01. The van der Waals surface area contributed by atoms with E-state index in [1.807, 2.05) is 6.92 Å². The second kappa shape index (κ2) is 6.34. The number of amides is 2. The van der Waals surface area contributed by atoms with Gasteiger partial charge in [-0.3, -0.25) is 4.79 Å². The minimum Gasteiger partial charge on any atom is -0.480 e. The number of urea groups is 1. The van der Waals surface area contributed by atoms with Crippen LogP contribution in [0.1, 0.15) is 17.5 Å². The fourth-order valence-corrected chi connectivity index (χ4v) is 2.31. The van der Waals surface area contributed by atoms with E-state index < -0.39 is 5.97 Å². The molecule has 0 unspecified atom stereocenters. The highest BCUT2D eigenvalue weighted by Crippen LogP contribution is 2.14. The fraction of sp³-hybridized carbons (Fsp3) is 0.545. The van der Waals surface area contributed by atoms with Gasteiger partial charge >= 0.3 is 12.0 Å². The Labute approximate surface area is 110 Å². The molecule has 18 heavy (non-hydrogen) atoms. The molecule has 0 aromatic carbocycles. The van der Waals surface area contributed by atoms with Gasteiger partial charge < -0.3 is 14.9 Å². The van der Waals surface area contributed by atoms with Crippen LogP contribution in [-0.4, -0.2) is 52.0 Å². The molecule has 0 radical (unpaired) electrons. The van der Waals surface area contributed by atoms with Crippen molar-refractivity contribution in [3.8, 4) is 0 Å². The van der Waals surface area contributed by atoms with Gasteiger partial charge in [0.25, 0.3) is 0 Å². The summed E-state index contributed by atoms with van der Waals surface area (Å²) in [4.78, 5) is 30.6. The number of carbonyl (C=O) groups is 2. The molecule has 6 nitrogen and oxygen atoms in total. The lowest BCUT2D eigenvalue weighted by Crippen LogP contribution is -2.43. The zero-order valence-electron chi connectivity index (χ0n) is 10.7. The summed E-state index contributed by atoms with van der Waals surface area (Å²) in [7, 11) is 1.66. The quantitative estimate of drug-likeness (QED) is 0.878. The van der Waals surface area contributed by atoms with Crippen LogP contribution < -0.4 is 0 Å². The summed E-state index contributed by atoms with van der Waals surface area (Å²) in [5.74, 6) is -1.01. The molecule has 0 spiro atoms. The van der Waals surface area contributed by atoms with E-state index in [4.69, 9.17) is 5.11 Å². The van der Waals surface area contributed by atoms with Crippen LogP contribution in [0.4, 0.5) is 4.79 Å². The third kappa shape index (κ3) is 3.69. The van der Waals surface area contributed by atoms with Crippen LogP contribution in [0.25, 0.3) is 0 Å². The van der Waals surface area contributed by atoms with E-state index in [1.165, 1.54) is 21.1 Å². The van der Waals surface area contributed by atoms with E-state index >= 15 is 0 Å². The summed E-state index contributed by atoms with van der Waals surface area (Å²) in [5, 5.41) is 8.73. The first-order valence-electron chi connectivity index (χ1n) is 5.56. The number of carboxylic acid groups (broad SMARTS) is 1. The van der Waals surface area contributed by atoms with Gasteiger partial charge in [0.05, 0.1) is 17.7 Å². The van der Waals surface area contributed by atoms with Gasteiger partial charge in [-0.05, 0) is 13.8 Å². The molecule has 2 amide bonds. The maximum absolute atomic E-state index is 12.0. The molecule has 0 atom stereocenters. The first-order valence-corrected chi connectivity index (χ1v) is 6.44. The third-order valence-electron chi connectivity index (χ3n) is 2.53. The molecule has 1 rings (SSSR count). The Morgan fingerprint density at radius 1 is 1.50 bits per heavy atom. The molecule has 0 aliphatic rings. The Morgan fingerprint density at radius 2 is 2.17 bits per heavy atom. The lowest BCUT2D eigenvalue weighted by atomic mass is 10.4. The van der Waals surface area contributed by atoms with Crippen molar-refractivity contribution in [1.29, 1.82) is 0 Å². The smallest absolute Gasteiger partial charge is 0.323 e. The molecule has 1 heterocycles. The summed E-state index contributed by atoms with van der Waals surface area (Å²) < 4.78 is 0. The monoisotopic (exact) mass is 271 g/mol. The molecule has 0 fully saturated rings. The number of aliphatic carboxylic acids is 1. The van der Waals surface area contributed by atoms with Crippen LogP contribution in [0.3, 0.4) is 0 Å². The number of hydrogen-bond donors (Lipinski definition) is 1. The van der Waals surface area contributed by atoms with Gasteiger partial charge in [0, 0.05) is 18.5 Å². The Balaban J connectivity index is 2.65. The van der Waals surface area contributed by atoms with Crippen LogP contribution in [-0.2, 0) is 11.3 Å². The molecular weight excluding hydrogens is 254 g/mol. The number of aryl methyl sites for hydroxylation is 1. The van der Waals surface area contributed by atoms with Crippen molar-refractivity contribution in [1.82, 2.24) is 14.8 Å². The fourth-order valence-electron chi connectivity index (χ4n) is 1.48. The van der Waals surface area contributed by atoms with Gasteiger partial charge in [0.2, 0.25) is 0 Å². The molecule has 0 saturated heterocycles. The average Bonchev–Trinajstić information content (AvgIpc) is 2.70. The maximum atomic E-state index is 12.0. The Bertz CT molecular complexity index is 433. The van der Waals surface area contributed by atoms with Crippen LogP contribution >= 0.6 is 11.3 Å². The van der Waals surface area contributed by atoms with Gasteiger partial charge in [0.15, 0.2) is 0 Å². The van der Waals surface area contributed by atoms with E-state index in [1.54, 1.807) is 19.5 Å². The third-order valence-corrected chi connectivity index (χ3v) is 3.45. The number of nitrogens with zero attached hydrogens (tertiary/aromatic N) is 3. The maximum Gasteiger partial charge on any atom is 0.323 e. The molecular formula is C11H17N3O3S. The second-order valence-electron chi connectivity index (χ2n) is 3.91. The largest absolute Gasteiger partial charge is 0.480 e. The predicted octanol–water partition coefficient (Wildman–Crippen LogP) is 1.41. The minimum absolute atomic E-state index is 0.276. The van der Waals surface area contributed by atoms with E-state index in [2.05, 4.69) is 4.98 Å². The summed E-state index contributed by atoms with van der Waals surface area (Å²) in [5.41, 5.74) is 2.64. The number of thiazole rings is 1. The van der Waals surface area contributed by atoms with Gasteiger partial charge in [-0.1, -0.05) is 0 Å². The van der Waals surface area contributed by atoms with Crippen LogP contribution in [0.15, 0.2) is 5.51 Å². The second-order valence-corrected chi connectivity index (χ2v) is 4.85. The lowest BCUT2D eigenvalue weighted by molar-refractivity contribution is -0.137. The first-order chi connectivity index (χ1) is 8.45. The summed E-state index contributed by atoms with van der Waals surface area (Å²) >= 11 is 1.49. The Morgan fingerprint density at radius 3 is 2.61 bits per heavy atom. The highest BCUT2D eigenvalue weighted by molar-refractivity contribution is 7.09. The van der Waals surface area contributed by atoms with Crippen LogP contribution in [0.2, 0.25) is 0 Å². The zero-order chi connectivity index (χ0) is 13.7. The van der Waals surface area contributed by atoms with Crippen LogP contribution in [0.5, 0.6) is 0 Å². The van der Waals surface area contributed by atoms with Crippen molar-refractivity contribution in [3.05, 3.63) is 16.1 Å². The number of carboxylic acids is 1. The molecule has 1 aromatic rings. The van der Waals surface area contributed by atoms with Crippen molar-refractivity contribution < 1.29 is 14.7 Å². The number of likely N-dealkylation sites (N-methyl/N-ethyl adjacent to an activating group) is 1. The Hall–Kier alpha value is -1.63. The first kappa shape index (κ1) is 14.4. The Kier molecular flexibility index (Phi) is 5.08. The molecule has 7 heteroatoms. The normalized spacial score (nSPS) is 10.2. The number of hydrogen-bond acceptors (Lipinski definition) is 4. The number of aromatic nitrogens is 1. The molecule has 0 saturated carbocycles. The number of carbonyl (C=O) groups excluding carboxylic acids is 1. The predicted molar refractivity (Wildman–Crippen MR) is 68.6 cm³/mol. The lowest BCUT2D eigenvalue weighted by Gasteiger charge is -2.25. The van der Waals surface area contributed by atoms with Crippen molar-refractivity contribution in [2.75, 3.05) is 20.1 Å². The average molecular weight is 271 g/mol. The van der Waals surface area contributed by atoms with E-state index in [9.17, 15) is 9.59 Å². The van der Waals surface area contributed by atoms with Crippen LogP contribution in [0, 0.1) is 6.92 Å². The molecule has 1 N–H and O–H groups in total. The highest BCUT2D eigenvalue weighted by atomic mass is 32.1. The zero-order valence-corrected chi connectivity index (χ0v) is 11.5. The molecule has 0 aliphatic heterocycles. The number of rotatable bonds is 5. The molecule has 1 aromatic heterocycles. The highest BCUT2D eigenvalue weighted by Gasteiger charge is 2.19. The topological polar surface area (TPSA) is 73.7 Å². The van der Waals surface area contributed by atoms with Crippen molar-refractivity contribution in [2.45, 2.75) is 20.4 Å². The molecule has 100 valence electrons. The van der Waals surface area contributed by atoms with E-state index in [-0.39, 0.29) is 12.6 Å². The molecule has 0 bridgehead atoms. The van der Waals surface area contributed by atoms with Gasteiger partial charge in [-0.2, -0.15) is 0 Å². The van der Waals surface area contributed by atoms with Gasteiger partial charge in [0.1, 0.15) is 6.54 Å². The van der Waals surface area contributed by atoms with Crippen molar-refractivity contribution >= 4 is 23.3 Å². The standard InChI is InChI=1S/C11H17N3O3S/c1-4-14(6-10(15)16)11(17)13(3)5-9-8(2)12-7-18-9/h7H,4-6H2,1-3H3,(H,15,16). The van der Waals surface area contributed by atoms with Crippen molar-refractivity contribution in [3.63, 3.8) is 0 Å². The van der Waals surface area contributed by atoms with E-state index in [0.717, 1.165) is 10.6 Å². The van der Waals surface area contributed by atoms with Gasteiger partial charge in [-0.15, -0.1) is 11.3 Å².